The molecule has 2 atom stereocenters. The zero-order chi connectivity index (χ0) is 14.4. The van der Waals surface area contributed by atoms with Crippen LogP contribution >= 0.6 is 0 Å². The minimum atomic E-state index is -0.777. The van der Waals surface area contributed by atoms with Crippen LogP contribution in [0.15, 0.2) is 24.3 Å². The third-order valence-electron chi connectivity index (χ3n) is 2.53. The molecular weight excluding hydrogens is 246 g/mol. The molecule has 104 valence electrons. The molecular formula is C13H19N3O3. The smallest absolute Gasteiger partial charge is 0.321 e. The minimum Gasteiger partial charge on any atom is -0.481 e. The number of rotatable bonds is 4. The first-order valence-corrected chi connectivity index (χ1v) is 5.98. The summed E-state index contributed by atoms with van der Waals surface area (Å²) in [6, 6.07) is 6.51. The van der Waals surface area contributed by atoms with Crippen LogP contribution in [0.4, 0.5) is 4.79 Å². The topological polar surface area (TPSA) is 93.5 Å². The molecule has 0 saturated carbocycles. The van der Waals surface area contributed by atoms with Gasteiger partial charge in [0.15, 0.2) is 6.10 Å². The quantitative estimate of drug-likeness (QED) is 0.755. The number of carbonyl (C=O) groups is 2. The van der Waals surface area contributed by atoms with E-state index in [0.29, 0.717) is 5.75 Å². The van der Waals surface area contributed by atoms with Gasteiger partial charge in [-0.05, 0) is 31.5 Å². The van der Waals surface area contributed by atoms with E-state index in [0.717, 1.165) is 5.56 Å². The summed E-state index contributed by atoms with van der Waals surface area (Å²) in [5.41, 5.74) is 6.68. The Kier molecular flexibility index (Phi) is 5.32. The van der Waals surface area contributed by atoms with Crippen molar-refractivity contribution in [3.8, 4) is 5.75 Å². The summed E-state index contributed by atoms with van der Waals surface area (Å²) in [6.07, 6.45) is -0.777. The molecule has 1 unspecified atom stereocenters. The molecule has 0 radical (unpaired) electrons. The van der Waals surface area contributed by atoms with Crippen LogP contribution in [0.3, 0.4) is 0 Å². The molecule has 6 heteroatoms. The lowest BCUT2D eigenvalue weighted by atomic mass is 10.1. The first kappa shape index (κ1) is 15.0. The number of nitrogens with two attached hydrogens (primary N) is 1. The lowest BCUT2D eigenvalue weighted by Gasteiger charge is -2.15. The number of ether oxygens (including phenoxy) is 1. The Morgan fingerprint density at radius 1 is 1.32 bits per heavy atom. The molecule has 1 rings (SSSR count). The Labute approximate surface area is 112 Å². The zero-order valence-electron chi connectivity index (χ0n) is 11.3. The molecule has 0 aliphatic heterocycles. The van der Waals surface area contributed by atoms with E-state index in [9.17, 15) is 9.59 Å². The maximum absolute atomic E-state index is 11.6. The normalized spacial score (nSPS) is 13.3. The molecule has 1 aromatic rings. The van der Waals surface area contributed by atoms with Crippen molar-refractivity contribution in [1.82, 2.24) is 10.6 Å². The predicted octanol–water partition coefficient (Wildman–Crippen LogP) is 0.929. The highest BCUT2D eigenvalue weighted by molar-refractivity contribution is 5.96. The highest BCUT2D eigenvalue weighted by Gasteiger charge is 2.17. The van der Waals surface area contributed by atoms with Crippen molar-refractivity contribution >= 4 is 11.9 Å². The van der Waals surface area contributed by atoms with E-state index in [2.05, 4.69) is 10.6 Å². The standard InChI is InChI=1S/C13H19N3O3/c1-8(14)10-5-4-6-11(7-10)19-9(2)12(17)16-13(18)15-3/h4-9H,14H2,1-3H3,(H2,15,16,17,18)/t8-,9?/m1/s1. The molecule has 1 aromatic carbocycles. The molecule has 0 heterocycles. The van der Waals surface area contributed by atoms with Gasteiger partial charge in [-0.3, -0.25) is 10.1 Å². The predicted molar refractivity (Wildman–Crippen MR) is 71.7 cm³/mol. The highest BCUT2D eigenvalue weighted by atomic mass is 16.5. The largest absolute Gasteiger partial charge is 0.481 e. The lowest BCUT2D eigenvalue weighted by molar-refractivity contribution is -0.126. The maximum Gasteiger partial charge on any atom is 0.321 e. The minimum absolute atomic E-state index is 0.112. The fraction of sp³-hybridized carbons (Fsp3) is 0.385. The van der Waals surface area contributed by atoms with Gasteiger partial charge in [-0.15, -0.1) is 0 Å². The van der Waals surface area contributed by atoms with E-state index in [4.69, 9.17) is 10.5 Å². The number of carbonyl (C=O) groups excluding carboxylic acids is 2. The summed E-state index contributed by atoms with van der Waals surface area (Å²) in [5, 5.41) is 4.44. The Balaban J connectivity index is 2.66. The molecule has 6 nitrogen and oxygen atoms in total. The number of nitrogens with one attached hydrogen (secondary N) is 2. The summed E-state index contributed by atoms with van der Waals surface area (Å²) >= 11 is 0. The van der Waals surface area contributed by atoms with Gasteiger partial charge in [-0.1, -0.05) is 12.1 Å². The van der Waals surface area contributed by atoms with E-state index >= 15 is 0 Å². The van der Waals surface area contributed by atoms with Gasteiger partial charge in [0.2, 0.25) is 0 Å². The van der Waals surface area contributed by atoms with E-state index in [1.54, 1.807) is 25.1 Å². The van der Waals surface area contributed by atoms with Crippen LogP contribution in [-0.2, 0) is 4.79 Å². The number of hydrogen-bond donors (Lipinski definition) is 3. The summed E-state index contributed by atoms with van der Waals surface area (Å²) in [4.78, 5) is 22.6. The van der Waals surface area contributed by atoms with Gasteiger partial charge in [0.05, 0.1) is 0 Å². The fourth-order valence-corrected chi connectivity index (χ4v) is 1.40. The SMILES string of the molecule is CNC(=O)NC(=O)C(C)Oc1cccc([C@@H](C)N)c1. The van der Waals surface area contributed by atoms with E-state index in [1.807, 2.05) is 13.0 Å². The second-order valence-electron chi connectivity index (χ2n) is 4.19. The molecule has 0 aromatic heterocycles. The van der Waals surface area contributed by atoms with Gasteiger partial charge in [0.1, 0.15) is 5.75 Å². The van der Waals surface area contributed by atoms with Crippen LogP contribution < -0.4 is 21.1 Å². The number of amides is 3. The maximum atomic E-state index is 11.6. The summed E-state index contributed by atoms with van der Waals surface area (Å²) in [5.74, 6) is 0.0277. The number of urea groups is 1. The van der Waals surface area contributed by atoms with Crippen LogP contribution in [0.5, 0.6) is 5.75 Å². The van der Waals surface area contributed by atoms with Crippen LogP contribution in [0.25, 0.3) is 0 Å². The van der Waals surface area contributed by atoms with Crippen molar-refractivity contribution in [2.24, 2.45) is 5.73 Å². The van der Waals surface area contributed by atoms with Crippen molar-refractivity contribution in [3.05, 3.63) is 29.8 Å². The highest BCUT2D eigenvalue weighted by Crippen LogP contribution is 2.18. The summed E-state index contributed by atoms with van der Waals surface area (Å²) in [7, 11) is 1.43. The van der Waals surface area contributed by atoms with Gasteiger partial charge < -0.3 is 15.8 Å². The number of hydrogen-bond acceptors (Lipinski definition) is 4. The second-order valence-corrected chi connectivity index (χ2v) is 4.19. The van der Waals surface area contributed by atoms with Crippen LogP contribution in [0.2, 0.25) is 0 Å². The molecule has 0 aliphatic rings. The summed E-state index contributed by atoms with van der Waals surface area (Å²) in [6.45, 7) is 3.43. The van der Waals surface area contributed by atoms with E-state index < -0.39 is 18.0 Å². The van der Waals surface area contributed by atoms with E-state index in [1.165, 1.54) is 7.05 Å². The Hall–Kier alpha value is -2.08. The molecule has 3 amide bonds. The average Bonchev–Trinajstić information content (AvgIpc) is 2.38. The van der Waals surface area contributed by atoms with Gasteiger partial charge >= 0.3 is 6.03 Å². The van der Waals surface area contributed by atoms with Gasteiger partial charge in [-0.2, -0.15) is 0 Å². The van der Waals surface area contributed by atoms with Crippen molar-refractivity contribution in [2.45, 2.75) is 26.0 Å². The molecule has 0 fully saturated rings. The van der Waals surface area contributed by atoms with Crippen molar-refractivity contribution < 1.29 is 14.3 Å². The molecule has 0 spiro atoms. The number of benzene rings is 1. The first-order valence-electron chi connectivity index (χ1n) is 5.98. The Morgan fingerprint density at radius 3 is 2.58 bits per heavy atom. The molecule has 0 saturated heterocycles. The fourth-order valence-electron chi connectivity index (χ4n) is 1.40. The summed E-state index contributed by atoms with van der Waals surface area (Å²) < 4.78 is 5.46. The van der Waals surface area contributed by atoms with Gasteiger partial charge in [0, 0.05) is 13.1 Å². The van der Waals surface area contributed by atoms with Gasteiger partial charge in [-0.25, -0.2) is 4.79 Å². The first-order chi connectivity index (χ1) is 8.93. The zero-order valence-corrected chi connectivity index (χ0v) is 11.3. The van der Waals surface area contributed by atoms with Gasteiger partial charge in [0.25, 0.3) is 5.91 Å². The monoisotopic (exact) mass is 265 g/mol. The van der Waals surface area contributed by atoms with Crippen LogP contribution in [0, 0.1) is 0 Å². The molecule has 4 N–H and O–H groups in total. The molecule has 0 aliphatic carbocycles. The third kappa shape index (κ3) is 4.59. The van der Waals surface area contributed by atoms with Crippen LogP contribution in [0.1, 0.15) is 25.5 Å². The average molecular weight is 265 g/mol. The van der Waals surface area contributed by atoms with Crippen molar-refractivity contribution in [3.63, 3.8) is 0 Å². The molecule has 0 bridgehead atoms. The number of imide groups is 1. The van der Waals surface area contributed by atoms with E-state index in [-0.39, 0.29) is 6.04 Å². The molecule has 19 heavy (non-hydrogen) atoms. The Bertz CT molecular complexity index is 460. The third-order valence-corrected chi connectivity index (χ3v) is 2.53. The van der Waals surface area contributed by atoms with Crippen LogP contribution in [-0.4, -0.2) is 25.1 Å². The van der Waals surface area contributed by atoms with Crippen molar-refractivity contribution in [2.75, 3.05) is 7.05 Å². The Morgan fingerprint density at radius 2 is 2.00 bits per heavy atom. The lowest BCUT2D eigenvalue weighted by Crippen LogP contribution is -2.43. The van der Waals surface area contributed by atoms with Crippen molar-refractivity contribution in [1.29, 1.82) is 0 Å². The second kappa shape index (κ2) is 6.75.